The summed E-state index contributed by atoms with van der Waals surface area (Å²) in [6.45, 7) is 1.97. The van der Waals surface area contributed by atoms with Crippen molar-refractivity contribution in [3.05, 3.63) is 70.2 Å². The molecule has 0 bridgehead atoms. The molecule has 0 saturated heterocycles. The number of nitrogens with zero attached hydrogens (tertiary/aromatic N) is 1. The van der Waals surface area contributed by atoms with Crippen LogP contribution >= 0.6 is 11.6 Å². The largest absolute Gasteiger partial charge is 0.449 e. The van der Waals surface area contributed by atoms with Gasteiger partial charge in [-0.05, 0) is 19.1 Å². The van der Waals surface area contributed by atoms with Crippen LogP contribution in [0.2, 0.25) is 5.02 Å². The van der Waals surface area contributed by atoms with Crippen LogP contribution in [0, 0.1) is 12.7 Å². The average molecular weight is 332 g/mol. The fourth-order valence-corrected chi connectivity index (χ4v) is 2.75. The van der Waals surface area contributed by atoms with Crippen molar-refractivity contribution in [3.8, 4) is 0 Å². The van der Waals surface area contributed by atoms with Crippen LogP contribution < -0.4 is 0 Å². The molecule has 2 aromatic carbocycles. The number of amides is 1. The van der Waals surface area contributed by atoms with Crippen molar-refractivity contribution in [1.29, 1.82) is 0 Å². The number of carbonyl (C=O) groups excluding carboxylic acids is 1. The Bertz CT molecular complexity index is 888. The second-order valence-corrected chi connectivity index (χ2v) is 5.83. The summed E-state index contributed by atoms with van der Waals surface area (Å²) in [6, 6.07) is 11.8. The Balaban J connectivity index is 1.92. The summed E-state index contributed by atoms with van der Waals surface area (Å²) < 4.78 is 19.4. The second kappa shape index (κ2) is 6.05. The number of halogens is 2. The van der Waals surface area contributed by atoms with Gasteiger partial charge < -0.3 is 9.32 Å². The molecule has 0 spiro atoms. The molecule has 0 aliphatic rings. The highest BCUT2D eigenvalue weighted by Gasteiger charge is 2.22. The summed E-state index contributed by atoms with van der Waals surface area (Å²) in [7, 11) is 1.61. The van der Waals surface area contributed by atoms with E-state index in [1.54, 1.807) is 31.3 Å². The van der Waals surface area contributed by atoms with Gasteiger partial charge in [-0.25, -0.2) is 4.39 Å². The van der Waals surface area contributed by atoms with Crippen LogP contribution in [0.1, 0.15) is 21.7 Å². The van der Waals surface area contributed by atoms with Crippen molar-refractivity contribution in [3.63, 3.8) is 0 Å². The first-order valence-corrected chi connectivity index (χ1v) is 7.53. The second-order valence-electron chi connectivity index (χ2n) is 5.43. The van der Waals surface area contributed by atoms with Gasteiger partial charge in [-0.3, -0.25) is 4.79 Å². The molecule has 23 heavy (non-hydrogen) atoms. The quantitative estimate of drug-likeness (QED) is 0.690. The molecule has 0 unspecified atom stereocenters. The lowest BCUT2D eigenvalue weighted by atomic mass is 10.1. The number of hydrogen-bond donors (Lipinski definition) is 0. The monoisotopic (exact) mass is 331 g/mol. The maximum atomic E-state index is 13.7. The smallest absolute Gasteiger partial charge is 0.289 e. The number of aryl methyl sites for hydroxylation is 1. The molecule has 0 atom stereocenters. The lowest BCUT2D eigenvalue weighted by Gasteiger charge is -2.16. The number of rotatable bonds is 3. The SMILES string of the molecule is Cc1c(C(=O)N(C)Cc2ccccc2F)oc2c(Cl)cccc12. The average Bonchev–Trinajstić information content (AvgIpc) is 2.87. The van der Waals surface area contributed by atoms with E-state index in [-0.39, 0.29) is 24.0 Å². The van der Waals surface area contributed by atoms with E-state index in [2.05, 4.69) is 0 Å². The van der Waals surface area contributed by atoms with Gasteiger partial charge in [0.1, 0.15) is 5.82 Å². The third kappa shape index (κ3) is 2.82. The fourth-order valence-electron chi connectivity index (χ4n) is 2.54. The molecule has 0 aliphatic heterocycles. The van der Waals surface area contributed by atoms with Gasteiger partial charge in [0.05, 0.1) is 5.02 Å². The van der Waals surface area contributed by atoms with E-state index in [1.165, 1.54) is 11.0 Å². The highest BCUT2D eigenvalue weighted by molar-refractivity contribution is 6.35. The molecule has 1 heterocycles. The number of carbonyl (C=O) groups is 1. The van der Waals surface area contributed by atoms with Crippen LogP contribution in [0.3, 0.4) is 0 Å². The minimum Gasteiger partial charge on any atom is -0.449 e. The van der Waals surface area contributed by atoms with Crippen molar-refractivity contribution >= 4 is 28.5 Å². The molecule has 1 aromatic heterocycles. The van der Waals surface area contributed by atoms with Crippen LogP contribution in [0.15, 0.2) is 46.9 Å². The molecule has 0 N–H and O–H groups in total. The summed E-state index contributed by atoms with van der Waals surface area (Å²) in [5, 5.41) is 1.27. The Morgan fingerprint density at radius 3 is 2.65 bits per heavy atom. The van der Waals surface area contributed by atoms with E-state index in [4.69, 9.17) is 16.0 Å². The number of furan rings is 1. The number of hydrogen-bond acceptors (Lipinski definition) is 2. The number of benzene rings is 2. The standard InChI is InChI=1S/C18H15ClFNO2/c1-11-13-7-5-8-14(19)17(13)23-16(11)18(22)21(2)10-12-6-3-4-9-15(12)20/h3-9H,10H2,1-2H3. The third-order valence-electron chi connectivity index (χ3n) is 3.82. The van der Waals surface area contributed by atoms with Crippen molar-refractivity contribution in [2.45, 2.75) is 13.5 Å². The zero-order valence-electron chi connectivity index (χ0n) is 12.8. The van der Waals surface area contributed by atoms with Gasteiger partial charge in [0.2, 0.25) is 0 Å². The molecular formula is C18H15ClFNO2. The fraction of sp³-hybridized carbons (Fsp3) is 0.167. The van der Waals surface area contributed by atoms with Crippen LogP contribution in [-0.2, 0) is 6.54 Å². The van der Waals surface area contributed by atoms with Gasteiger partial charge in [0, 0.05) is 30.1 Å². The molecule has 3 aromatic rings. The molecule has 3 nitrogen and oxygen atoms in total. The van der Waals surface area contributed by atoms with E-state index in [9.17, 15) is 9.18 Å². The highest BCUT2D eigenvalue weighted by Crippen LogP contribution is 2.31. The molecule has 0 aliphatic carbocycles. The highest BCUT2D eigenvalue weighted by atomic mass is 35.5. The Morgan fingerprint density at radius 1 is 1.22 bits per heavy atom. The van der Waals surface area contributed by atoms with Gasteiger partial charge in [-0.15, -0.1) is 0 Å². The molecule has 0 saturated carbocycles. The first-order valence-electron chi connectivity index (χ1n) is 7.15. The topological polar surface area (TPSA) is 33.5 Å². The third-order valence-corrected chi connectivity index (χ3v) is 4.12. The lowest BCUT2D eigenvalue weighted by molar-refractivity contribution is 0.0753. The van der Waals surface area contributed by atoms with Gasteiger partial charge in [0.25, 0.3) is 5.91 Å². The van der Waals surface area contributed by atoms with Gasteiger partial charge in [0.15, 0.2) is 11.3 Å². The summed E-state index contributed by atoms with van der Waals surface area (Å²) in [6.07, 6.45) is 0. The summed E-state index contributed by atoms with van der Waals surface area (Å²) in [4.78, 5) is 14.1. The molecule has 118 valence electrons. The van der Waals surface area contributed by atoms with E-state index in [0.717, 1.165) is 10.9 Å². The van der Waals surface area contributed by atoms with Crippen LogP contribution in [0.4, 0.5) is 4.39 Å². The van der Waals surface area contributed by atoms with E-state index in [1.807, 2.05) is 19.1 Å². The summed E-state index contributed by atoms with van der Waals surface area (Å²) in [5.41, 5.74) is 1.68. The lowest BCUT2D eigenvalue weighted by Crippen LogP contribution is -2.26. The van der Waals surface area contributed by atoms with Gasteiger partial charge >= 0.3 is 0 Å². The summed E-state index contributed by atoms with van der Waals surface area (Å²) >= 11 is 6.11. The van der Waals surface area contributed by atoms with Crippen molar-refractivity contribution in [1.82, 2.24) is 4.90 Å². The number of para-hydroxylation sites is 1. The van der Waals surface area contributed by atoms with E-state index >= 15 is 0 Å². The zero-order valence-corrected chi connectivity index (χ0v) is 13.5. The van der Waals surface area contributed by atoms with Crippen molar-refractivity contribution in [2.75, 3.05) is 7.05 Å². The minimum atomic E-state index is -0.337. The Morgan fingerprint density at radius 2 is 1.96 bits per heavy atom. The van der Waals surface area contributed by atoms with Gasteiger partial charge in [-0.1, -0.05) is 41.9 Å². The molecule has 3 rings (SSSR count). The van der Waals surface area contributed by atoms with Gasteiger partial charge in [-0.2, -0.15) is 0 Å². The number of fused-ring (bicyclic) bond motifs is 1. The predicted molar refractivity (Wildman–Crippen MR) is 88.2 cm³/mol. The molecule has 0 fully saturated rings. The normalized spacial score (nSPS) is 11.0. The predicted octanol–water partition coefficient (Wildman–Crippen LogP) is 4.81. The molecule has 0 radical (unpaired) electrons. The first-order chi connectivity index (χ1) is 11.0. The Hall–Kier alpha value is -2.33. The Labute approximate surface area is 138 Å². The molecule has 1 amide bonds. The molecular weight excluding hydrogens is 317 g/mol. The van der Waals surface area contributed by atoms with E-state index in [0.29, 0.717) is 16.2 Å². The maximum absolute atomic E-state index is 13.7. The molecule has 5 heteroatoms. The zero-order chi connectivity index (χ0) is 16.6. The minimum absolute atomic E-state index is 0.162. The Kier molecular flexibility index (Phi) is 4.09. The van der Waals surface area contributed by atoms with Crippen LogP contribution in [0.5, 0.6) is 0 Å². The van der Waals surface area contributed by atoms with Crippen molar-refractivity contribution < 1.29 is 13.6 Å². The summed E-state index contributed by atoms with van der Waals surface area (Å²) in [5.74, 6) is -0.415. The van der Waals surface area contributed by atoms with Crippen LogP contribution in [-0.4, -0.2) is 17.9 Å². The van der Waals surface area contributed by atoms with E-state index < -0.39 is 0 Å². The van der Waals surface area contributed by atoms with Crippen LogP contribution in [0.25, 0.3) is 11.0 Å². The first kappa shape index (κ1) is 15.6. The maximum Gasteiger partial charge on any atom is 0.289 e. The van der Waals surface area contributed by atoms with Crippen molar-refractivity contribution in [2.24, 2.45) is 0 Å².